The van der Waals surface area contributed by atoms with E-state index < -0.39 is 5.60 Å². The molecule has 0 radical (unpaired) electrons. The van der Waals surface area contributed by atoms with Gasteiger partial charge in [0.15, 0.2) is 5.96 Å². The Balaban J connectivity index is 0.00000420. The molecule has 1 saturated heterocycles. The van der Waals surface area contributed by atoms with Crippen LogP contribution in [0.25, 0.3) is 0 Å². The maximum Gasteiger partial charge on any atom is 0.191 e. The summed E-state index contributed by atoms with van der Waals surface area (Å²) < 4.78 is 5.36. The predicted molar refractivity (Wildman–Crippen MR) is 129 cm³/mol. The molecule has 166 valence electrons. The highest BCUT2D eigenvalue weighted by molar-refractivity contribution is 14.0. The summed E-state index contributed by atoms with van der Waals surface area (Å²) in [6, 6.07) is 5.86. The second-order valence-corrected chi connectivity index (χ2v) is 7.36. The molecule has 0 aliphatic carbocycles. The number of halogens is 1. The van der Waals surface area contributed by atoms with Gasteiger partial charge in [-0.25, -0.2) is 4.98 Å². The summed E-state index contributed by atoms with van der Waals surface area (Å²) in [5.74, 6) is 1.66. The first-order valence-corrected chi connectivity index (χ1v) is 10.3. The maximum atomic E-state index is 10.7. The number of nitrogens with zero attached hydrogens (tertiary/aromatic N) is 3. The van der Waals surface area contributed by atoms with Crippen LogP contribution in [0, 0.1) is 0 Å². The van der Waals surface area contributed by atoms with Gasteiger partial charge >= 0.3 is 0 Å². The Kier molecular flexibility index (Phi) is 13.2. The number of unbranched alkanes of at least 4 members (excludes halogenated alkanes) is 1. The molecule has 4 N–H and O–H groups in total. The van der Waals surface area contributed by atoms with Gasteiger partial charge in [-0.1, -0.05) is 6.07 Å². The fourth-order valence-electron chi connectivity index (χ4n) is 3.02. The van der Waals surface area contributed by atoms with E-state index in [1.54, 1.807) is 6.20 Å². The number of morpholine rings is 1. The molecule has 29 heavy (non-hydrogen) atoms. The van der Waals surface area contributed by atoms with Crippen LogP contribution in [-0.4, -0.2) is 85.6 Å². The van der Waals surface area contributed by atoms with E-state index in [0.29, 0.717) is 13.1 Å². The third-order valence-corrected chi connectivity index (χ3v) is 4.46. The first-order chi connectivity index (χ1) is 13.6. The van der Waals surface area contributed by atoms with Gasteiger partial charge in [-0.2, -0.15) is 0 Å². The molecule has 9 heteroatoms. The largest absolute Gasteiger partial charge is 0.387 e. The number of nitrogens with one attached hydrogen (secondary N) is 3. The van der Waals surface area contributed by atoms with Gasteiger partial charge in [-0.3, -0.25) is 9.89 Å². The molecule has 0 bridgehead atoms. The SMILES string of the molecule is CCNC(=NCC(C)(O)CN1CCOCC1)NCCCCNc1ccccn1.I. The van der Waals surface area contributed by atoms with Gasteiger partial charge in [0.2, 0.25) is 0 Å². The van der Waals surface area contributed by atoms with Crippen molar-refractivity contribution in [2.75, 3.05) is 64.3 Å². The van der Waals surface area contributed by atoms with Crippen LogP contribution in [0.1, 0.15) is 26.7 Å². The molecule has 1 aliphatic rings. The maximum absolute atomic E-state index is 10.7. The highest BCUT2D eigenvalue weighted by Crippen LogP contribution is 2.09. The number of guanidine groups is 1. The fourth-order valence-corrected chi connectivity index (χ4v) is 3.02. The fraction of sp³-hybridized carbons (Fsp3) is 0.700. The molecule has 1 fully saturated rings. The quantitative estimate of drug-likeness (QED) is 0.152. The third kappa shape index (κ3) is 11.6. The van der Waals surface area contributed by atoms with E-state index in [2.05, 4.69) is 30.8 Å². The molecule has 1 aliphatic heterocycles. The number of pyridine rings is 1. The van der Waals surface area contributed by atoms with Crippen molar-refractivity contribution in [3.05, 3.63) is 24.4 Å². The summed E-state index contributed by atoms with van der Waals surface area (Å²) in [6.45, 7) is 10.6. The molecule has 0 saturated carbocycles. The Morgan fingerprint density at radius 1 is 1.24 bits per heavy atom. The second kappa shape index (κ2) is 14.8. The van der Waals surface area contributed by atoms with Crippen LogP contribution in [-0.2, 0) is 4.74 Å². The molecule has 8 nitrogen and oxygen atoms in total. The zero-order valence-corrected chi connectivity index (χ0v) is 20.0. The van der Waals surface area contributed by atoms with Gasteiger partial charge in [-0.15, -0.1) is 24.0 Å². The molecule has 0 amide bonds. The smallest absolute Gasteiger partial charge is 0.191 e. The summed E-state index contributed by atoms with van der Waals surface area (Å²) in [6.07, 6.45) is 3.85. The standard InChI is InChI=1S/C20H36N6O2.HI/c1-3-21-19(24-11-7-6-10-23-18-8-4-5-9-22-18)25-16-20(2,27)17-26-12-14-28-15-13-26;/h4-5,8-9,27H,3,6-7,10-17H2,1-2H3,(H,22,23)(H2,21,24,25);1H. The van der Waals surface area contributed by atoms with E-state index in [-0.39, 0.29) is 24.0 Å². The molecular formula is C20H37IN6O2. The number of ether oxygens (including phenoxy) is 1. The average molecular weight is 520 g/mol. The number of rotatable bonds is 11. The van der Waals surface area contributed by atoms with Crippen molar-refractivity contribution in [2.45, 2.75) is 32.3 Å². The van der Waals surface area contributed by atoms with Crippen molar-refractivity contribution in [1.82, 2.24) is 20.5 Å². The number of β-amino-alcohol motifs (C(OH)–C–C–N with tert-alkyl or cyclic N) is 1. The zero-order chi connectivity index (χ0) is 20.1. The van der Waals surface area contributed by atoms with Gasteiger partial charge in [0.25, 0.3) is 0 Å². The van der Waals surface area contributed by atoms with E-state index in [1.165, 1.54) is 0 Å². The number of anilines is 1. The Labute approximate surface area is 191 Å². The van der Waals surface area contributed by atoms with Crippen LogP contribution in [0.3, 0.4) is 0 Å². The molecule has 1 unspecified atom stereocenters. The van der Waals surface area contributed by atoms with Gasteiger partial charge in [0.05, 0.1) is 25.4 Å². The molecule has 1 atom stereocenters. The first kappa shape index (κ1) is 25.9. The van der Waals surface area contributed by atoms with Crippen LogP contribution < -0.4 is 16.0 Å². The van der Waals surface area contributed by atoms with E-state index in [9.17, 15) is 5.11 Å². The third-order valence-electron chi connectivity index (χ3n) is 4.46. The van der Waals surface area contributed by atoms with Crippen molar-refractivity contribution in [1.29, 1.82) is 0 Å². The highest BCUT2D eigenvalue weighted by atomic mass is 127. The molecule has 0 aromatic carbocycles. The monoisotopic (exact) mass is 520 g/mol. The Hall–Kier alpha value is -1.17. The highest BCUT2D eigenvalue weighted by Gasteiger charge is 2.25. The number of hydrogen-bond acceptors (Lipinski definition) is 6. The number of aliphatic hydroxyl groups is 1. The number of aliphatic imine (C=N–C) groups is 1. The Bertz CT molecular complexity index is 567. The van der Waals surface area contributed by atoms with Crippen molar-refractivity contribution in [3.63, 3.8) is 0 Å². The van der Waals surface area contributed by atoms with Crippen LogP contribution in [0.4, 0.5) is 5.82 Å². The Morgan fingerprint density at radius 2 is 2.00 bits per heavy atom. The summed E-state index contributed by atoms with van der Waals surface area (Å²) in [7, 11) is 0. The average Bonchev–Trinajstić information content (AvgIpc) is 2.70. The predicted octanol–water partition coefficient (Wildman–Crippen LogP) is 1.53. The topological polar surface area (TPSA) is 94.0 Å². The van der Waals surface area contributed by atoms with Crippen LogP contribution in [0.5, 0.6) is 0 Å². The molecule has 2 rings (SSSR count). The Morgan fingerprint density at radius 3 is 2.69 bits per heavy atom. The summed E-state index contributed by atoms with van der Waals surface area (Å²) in [5.41, 5.74) is -0.855. The lowest BCUT2D eigenvalue weighted by molar-refractivity contribution is -0.0179. The molecule has 1 aromatic rings. The van der Waals surface area contributed by atoms with Gasteiger partial charge < -0.3 is 25.8 Å². The van der Waals surface area contributed by atoms with Gasteiger partial charge in [0.1, 0.15) is 5.82 Å². The van der Waals surface area contributed by atoms with Crippen LogP contribution in [0.2, 0.25) is 0 Å². The van der Waals surface area contributed by atoms with E-state index in [0.717, 1.165) is 70.6 Å². The molecule has 2 heterocycles. The minimum atomic E-state index is -0.855. The second-order valence-electron chi connectivity index (χ2n) is 7.36. The summed E-state index contributed by atoms with van der Waals surface area (Å²) >= 11 is 0. The minimum absolute atomic E-state index is 0. The van der Waals surface area contributed by atoms with Crippen molar-refractivity contribution in [3.8, 4) is 0 Å². The van der Waals surface area contributed by atoms with Crippen molar-refractivity contribution in [2.24, 2.45) is 4.99 Å². The van der Waals surface area contributed by atoms with Crippen molar-refractivity contribution >= 4 is 35.8 Å². The van der Waals surface area contributed by atoms with Crippen LogP contribution >= 0.6 is 24.0 Å². The summed E-state index contributed by atoms with van der Waals surface area (Å²) in [5, 5.41) is 20.6. The number of hydrogen-bond donors (Lipinski definition) is 4. The lowest BCUT2D eigenvalue weighted by Gasteiger charge is -2.33. The lowest BCUT2D eigenvalue weighted by Crippen LogP contribution is -2.48. The summed E-state index contributed by atoms with van der Waals surface area (Å²) in [4.78, 5) is 11.1. The molecule has 1 aromatic heterocycles. The van der Waals surface area contributed by atoms with Crippen molar-refractivity contribution < 1.29 is 9.84 Å². The van der Waals surface area contributed by atoms with E-state index >= 15 is 0 Å². The molecular weight excluding hydrogens is 483 g/mol. The van der Waals surface area contributed by atoms with Crippen LogP contribution in [0.15, 0.2) is 29.4 Å². The first-order valence-electron chi connectivity index (χ1n) is 10.3. The molecule has 0 spiro atoms. The van der Waals surface area contributed by atoms with Gasteiger partial charge in [-0.05, 0) is 38.8 Å². The van der Waals surface area contributed by atoms with Gasteiger partial charge in [0, 0.05) is 45.5 Å². The zero-order valence-electron chi connectivity index (χ0n) is 17.7. The lowest BCUT2D eigenvalue weighted by atomic mass is 10.1. The number of aromatic nitrogens is 1. The normalized spacial score (nSPS) is 17.1. The minimum Gasteiger partial charge on any atom is -0.387 e. The van der Waals surface area contributed by atoms with E-state index in [4.69, 9.17) is 4.74 Å². The van der Waals surface area contributed by atoms with E-state index in [1.807, 2.05) is 32.0 Å².